The van der Waals surface area contributed by atoms with Crippen LogP contribution in [-0.2, 0) is 24.1 Å². The lowest BCUT2D eigenvalue weighted by atomic mass is 9.84. The van der Waals surface area contributed by atoms with E-state index in [4.69, 9.17) is 15.5 Å². The van der Waals surface area contributed by atoms with E-state index in [1.165, 1.54) is 23.4 Å². The van der Waals surface area contributed by atoms with E-state index in [1.54, 1.807) is 7.11 Å². The topological polar surface area (TPSA) is 56.3 Å². The minimum absolute atomic E-state index is 0.166. The van der Waals surface area contributed by atoms with Crippen LogP contribution in [0.4, 0.5) is 5.82 Å². The van der Waals surface area contributed by atoms with Gasteiger partial charge in [-0.05, 0) is 49.9 Å². The Bertz CT molecular complexity index is 756. The molecule has 2 aliphatic rings. The summed E-state index contributed by atoms with van der Waals surface area (Å²) in [4.78, 5) is 7.33. The van der Waals surface area contributed by atoms with Crippen molar-refractivity contribution in [2.24, 2.45) is 11.7 Å². The van der Waals surface area contributed by atoms with Crippen LogP contribution >= 0.6 is 0 Å². The second-order valence-corrected chi connectivity index (χ2v) is 7.72. The fourth-order valence-corrected chi connectivity index (χ4v) is 4.59. The largest absolute Gasteiger partial charge is 0.384 e. The third kappa shape index (κ3) is 3.26. The monoisotopic (exact) mass is 354 g/mol. The lowest BCUT2D eigenvalue weighted by Crippen LogP contribution is -2.31. The van der Waals surface area contributed by atoms with Gasteiger partial charge in [-0.15, -0.1) is 0 Å². The number of hydrogen-bond donors (Lipinski definition) is 1. The van der Waals surface area contributed by atoms with E-state index in [9.17, 15) is 0 Å². The standard InChI is InChI=1S/C21H30N4O/c1-3-24-10-4-5-20(24)16-6-8-19-15(11-16)7-9-21(23-19)25-12-17(14-26-2)18(22)13-25/h4-5,7,9-10,16-18H,3,6,8,11-14,22H2,1-2H3/t16-,17+,18+/m0/s1. The number of rotatable bonds is 5. The highest BCUT2D eigenvalue weighted by Gasteiger charge is 2.31. The number of fused-ring (bicyclic) bond motifs is 1. The van der Waals surface area contributed by atoms with E-state index in [0.29, 0.717) is 11.8 Å². The normalized spacial score (nSPS) is 25.5. The maximum absolute atomic E-state index is 6.28. The SMILES string of the molecule is CCn1cccc1[C@H]1CCc2nc(N3C[C@H](COC)[C@H](N)C3)ccc2C1. The van der Waals surface area contributed by atoms with Gasteiger partial charge in [0.1, 0.15) is 5.82 Å². The Kier molecular flexibility index (Phi) is 5.00. The van der Waals surface area contributed by atoms with E-state index in [1.807, 2.05) is 0 Å². The molecule has 4 rings (SSSR count). The van der Waals surface area contributed by atoms with Crippen LogP contribution in [0.3, 0.4) is 0 Å². The number of aryl methyl sites for hydroxylation is 2. The van der Waals surface area contributed by atoms with Crippen molar-refractivity contribution in [1.82, 2.24) is 9.55 Å². The number of pyridine rings is 1. The van der Waals surface area contributed by atoms with Gasteiger partial charge < -0.3 is 19.9 Å². The van der Waals surface area contributed by atoms with Crippen LogP contribution in [0.15, 0.2) is 30.5 Å². The van der Waals surface area contributed by atoms with Crippen LogP contribution in [0.1, 0.15) is 36.2 Å². The lowest BCUT2D eigenvalue weighted by Gasteiger charge is -2.27. The second-order valence-electron chi connectivity index (χ2n) is 7.72. The first-order valence-corrected chi connectivity index (χ1v) is 9.83. The molecule has 3 atom stereocenters. The lowest BCUT2D eigenvalue weighted by molar-refractivity contribution is 0.154. The van der Waals surface area contributed by atoms with Gasteiger partial charge in [-0.3, -0.25) is 0 Å². The van der Waals surface area contributed by atoms with Crippen molar-refractivity contribution in [3.63, 3.8) is 0 Å². The van der Waals surface area contributed by atoms with E-state index < -0.39 is 0 Å². The van der Waals surface area contributed by atoms with Gasteiger partial charge in [0.05, 0.1) is 6.61 Å². The maximum atomic E-state index is 6.28. The molecule has 3 heterocycles. The Morgan fingerprint density at radius 1 is 1.27 bits per heavy atom. The van der Waals surface area contributed by atoms with Crippen molar-refractivity contribution in [2.75, 3.05) is 31.7 Å². The van der Waals surface area contributed by atoms with Gasteiger partial charge in [-0.2, -0.15) is 0 Å². The molecule has 1 aliphatic carbocycles. The molecular formula is C21H30N4O. The first-order valence-electron chi connectivity index (χ1n) is 9.83. The number of ether oxygens (including phenoxy) is 1. The molecule has 1 saturated heterocycles. The molecule has 1 fully saturated rings. The van der Waals surface area contributed by atoms with Gasteiger partial charge in [0.15, 0.2) is 0 Å². The summed E-state index contributed by atoms with van der Waals surface area (Å²) in [6.07, 6.45) is 5.53. The zero-order valence-electron chi connectivity index (χ0n) is 15.9. The minimum Gasteiger partial charge on any atom is -0.384 e. The van der Waals surface area contributed by atoms with E-state index in [-0.39, 0.29) is 6.04 Å². The Hall–Kier alpha value is -1.85. The second kappa shape index (κ2) is 7.41. The fraction of sp³-hybridized carbons (Fsp3) is 0.571. The van der Waals surface area contributed by atoms with Crippen LogP contribution in [0.2, 0.25) is 0 Å². The number of hydrogen-bond acceptors (Lipinski definition) is 4. The Morgan fingerprint density at radius 3 is 2.96 bits per heavy atom. The Balaban J connectivity index is 1.49. The highest BCUT2D eigenvalue weighted by Crippen LogP contribution is 2.34. The number of nitrogens with two attached hydrogens (primary N) is 1. The molecule has 1 aliphatic heterocycles. The van der Waals surface area contributed by atoms with Crippen molar-refractivity contribution in [1.29, 1.82) is 0 Å². The number of anilines is 1. The van der Waals surface area contributed by atoms with Crippen LogP contribution in [-0.4, -0.2) is 42.4 Å². The molecule has 0 radical (unpaired) electrons. The molecule has 140 valence electrons. The predicted octanol–water partition coefficient (Wildman–Crippen LogP) is 2.59. The van der Waals surface area contributed by atoms with Gasteiger partial charge in [0.25, 0.3) is 0 Å². The average Bonchev–Trinajstić information content (AvgIpc) is 3.28. The molecule has 0 spiro atoms. The molecule has 0 unspecified atom stereocenters. The zero-order valence-corrected chi connectivity index (χ0v) is 15.9. The third-order valence-corrected chi connectivity index (χ3v) is 6.07. The quantitative estimate of drug-likeness (QED) is 0.897. The molecule has 5 heteroatoms. The zero-order chi connectivity index (χ0) is 18.1. The number of methoxy groups -OCH3 is 1. The van der Waals surface area contributed by atoms with Gasteiger partial charge >= 0.3 is 0 Å². The van der Waals surface area contributed by atoms with Crippen molar-refractivity contribution in [2.45, 2.75) is 44.7 Å². The summed E-state index contributed by atoms with van der Waals surface area (Å²) in [6.45, 7) is 5.79. The van der Waals surface area contributed by atoms with Crippen LogP contribution in [0.25, 0.3) is 0 Å². The number of aromatic nitrogens is 2. The predicted molar refractivity (Wildman–Crippen MR) is 105 cm³/mol. The first kappa shape index (κ1) is 17.6. The van der Waals surface area contributed by atoms with Gasteiger partial charge in [-0.25, -0.2) is 4.98 Å². The van der Waals surface area contributed by atoms with Gasteiger partial charge in [0, 0.05) is 62.2 Å². The molecule has 5 nitrogen and oxygen atoms in total. The summed E-state index contributed by atoms with van der Waals surface area (Å²) in [6, 6.07) is 9.09. The Labute approximate surface area is 156 Å². The molecule has 0 aromatic carbocycles. The van der Waals surface area contributed by atoms with Crippen molar-refractivity contribution < 1.29 is 4.74 Å². The highest BCUT2D eigenvalue weighted by molar-refractivity contribution is 5.45. The summed E-state index contributed by atoms with van der Waals surface area (Å²) in [5, 5.41) is 0. The fourth-order valence-electron chi connectivity index (χ4n) is 4.59. The number of nitrogens with zero attached hydrogens (tertiary/aromatic N) is 3. The molecule has 26 heavy (non-hydrogen) atoms. The third-order valence-electron chi connectivity index (χ3n) is 6.07. The van der Waals surface area contributed by atoms with Crippen LogP contribution < -0.4 is 10.6 Å². The summed E-state index contributed by atoms with van der Waals surface area (Å²) >= 11 is 0. The average molecular weight is 354 g/mol. The minimum atomic E-state index is 0.166. The molecule has 2 N–H and O–H groups in total. The summed E-state index contributed by atoms with van der Waals surface area (Å²) < 4.78 is 7.68. The van der Waals surface area contributed by atoms with Gasteiger partial charge in [-0.1, -0.05) is 6.07 Å². The molecular weight excluding hydrogens is 324 g/mol. The van der Waals surface area contributed by atoms with Gasteiger partial charge in [0.2, 0.25) is 0 Å². The molecule has 0 bridgehead atoms. The molecule has 2 aromatic heterocycles. The molecule has 0 saturated carbocycles. The van der Waals surface area contributed by atoms with Crippen molar-refractivity contribution in [3.05, 3.63) is 47.4 Å². The molecule has 0 amide bonds. The smallest absolute Gasteiger partial charge is 0.128 e. The van der Waals surface area contributed by atoms with Crippen LogP contribution in [0.5, 0.6) is 0 Å². The van der Waals surface area contributed by atoms with Crippen molar-refractivity contribution in [3.8, 4) is 0 Å². The first-order chi connectivity index (χ1) is 12.7. The highest BCUT2D eigenvalue weighted by atomic mass is 16.5. The van der Waals surface area contributed by atoms with E-state index >= 15 is 0 Å². The maximum Gasteiger partial charge on any atom is 0.128 e. The van der Waals surface area contributed by atoms with E-state index in [2.05, 4.69) is 46.9 Å². The summed E-state index contributed by atoms with van der Waals surface area (Å²) in [5.74, 6) is 2.08. The molecule has 2 aromatic rings. The Morgan fingerprint density at radius 2 is 2.15 bits per heavy atom. The summed E-state index contributed by atoms with van der Waals surface area (Å²) in [7, 11) is 1.75. The van der Waals surface area contributed by atoms with Crippen molar-refractivity contribution >= 4 is 5.82 Å². The summed E-state index contributed by atoms with van der Waals surface area (Å²) in [5.41, 5.74) is 10.4. The van der Waals surface area contributed by atoms with Crippen LogP contribution in [0, 0.1) is 5.92 Å². The van der Waals surface area contributed by atoms with E-state index in [0.717, 1.165) is 44.9 Å².